The first-order chi connectivity index (χ1) is 10.9. The van der Waals surface area contributed by atoms with Crippen LogP contribution in [0, 0.1) is 5.92 Å². The fraction of sp³-hybridized carbons (Fsp3) is 0.733. The van der Waals surface area contributed by atoms with Crippen molar-refractivity contribution in [2.45, 2.75) is 51.7 Å². The minimum atomic E-state index is -2.69. The number of rotatable bonds is 6. The standard InChI is InChI=1S/C15H24F2N4O2/c1-11(2)8-15(10-22)4-3-6-21(15)14(23)19-9-12-18-5-7-20(12)13(16)17/h5,7,11,13,22H,3-4,6,8-10H2,1-2H3,(H,19,23)/t15-/m0/s1. The maximum absolute atomic E-state index is 12.8. The molecule has 0 aromatic carbocycles. The Balaban J connectivity index is 2.03. The molecule has 6 nitrogen and oxygen atoms in total. The first-order valence-corrected chi connectivity index (χ1v) is 7.86. The van der Waals surface area contributed by atoms with Crippen LogP contribution in [0.4, 0.5) is 13.6 Å². The molecule has 1 aromatic heterocycles. The van der Waals surface area contributed by atoms with Crippen LogP contribution in [0.3, 0.4) is 0 Å². The number of halogens is 2. The molecule has 0 aliphatic carbocycles. The second kappa shape index (κ2) is 7.25. The predicted molar refractivity (Wildman–Crippen MR) is 80.9 cm³/mol. The number of nitrogens with zero attached hydrogens (tertiary/aromatic N) is 3. The highest BCUT2D eigenvalue weighted by Crippen LogP contribution is 2.34. The third kappa shape index (κ3) is 3.80. The first-order valence-electron chi connectivity index (χ1n) is 7.86. The maximum Gasteiger partial charge on any atom is 0.319 e. The van der Waals surface area contributed by atoms with E-state index in [0.29, 0.717) is 18.9 Å². The molecule has 2 amide bonds. The minimum absolute atomic E-state index is 0.0736. The number of hydrogen-bond acceptors (Lipinski definition) is 3. The lowest BCUT2D eigenvalue weighted by Gasteiger charge is -2.38. The van der Waals surface area contributed by atoms with Crippen LogP contribution in [0.1, 0.15) is 45.5 Å². The lowest BCUT2D eigenvalue weighted by Crippen LogP contribution is -2.54. The molecule has 23 heavy (non-hydrogen) atoms. The number of aliphatic hydroxyl groups is 1. The number of nitrogens with one attached hydrogen (secondary N) is 1. The molecule has 0 radical (unpaired) electrons. The largest absolute Gasteiger partial charge is 0.394 e. The van der Waals surface area contributed by atoms with Crippen LogP contribution < -0.4 is 5.32 Å². The van der Waals surface area contributed by atoms with Crippen LogP contribution in [0.25, 0.3) is 0 Å². The molecule has 1 aliphatic rings. The normalized spacial score (nSPS) is 21.4. The van der Waals surface area contributed by atoms with Gasteiger partial charge in [0.15, 0.2) is 0 Å². The molecule has 2 N–H and O–H groups in total. The van der Waals surface area contributed by atoms with E-state index in [9.17, 15) is 18.7 Å². The van der Waals surface area contributed by atoms with Gasteiger partial charge in [-0.2, -0.15) is 8.78 Å². The minimum Gasteiger partial charge on any atom is -0.394 e. The van der Waals surface area contributed by atoms with Crippen LogP contribution >= 0.6 is 0 Å². The van der Waals surface area contributed by atoms with Crippen molar-refractivity contribution in [1.82, 2.24) is 19.8 Å². The number of alkyl halides is 2. The van der Waals surface area contributed by atoms with Crippen molar-refractivity contribution in [3.8, 4) is 0 Å². The van der Waals surface area contributed by atoms with Crippen molar-refractivity contribution in [2.24, 2.45) is 5.92 Å². The molecule has 0 bridgehead atoms. The lowest BCUT2D eigenvalue weighted by atomic mass is 9.87. The third-order valence-corrected chi connectivity index (χ3v) is 4.28. The number of amides is 2. The number of imidazole rings is 1. The Labute approximate surface area is 134 Å². The number of aromatic nitrogens is 2. The molecule has 0 spiro atoms. The van der Waals surface area contributed by atoms with E-state index in [0.717, 1.165) is 17.4 Å². The van der Waals surface area contributed by atoms with Gasteiger partial charge in [-0.1, -0.05) is 13.8 Å². The number of hydrogen-bond donors (Lipinski definition) is 2. The van der Waals surface area contributed by atoms with Gasteiger partial charge in [0, 0.05) is 18.9 Å². The Morgan fingerprint density at radius 2 is 2.26 bits per heavy atom. The summed E-state index contributed by atoms with van der Waals surface area (Å²) in [6.07, 6.45) is 4.74. The van der Waals surface area contributed by atoms with Crippen LogP contribution in [-0.4, -0.2) is 44.3 Å². The Hall–Kier alpha value is -1.70. The SMILES string of the molecule is CC(C)C[C@]1(CO)CCCN1C(=O)NCc1nccn1C(F)F. The molecule has 2 rings (SSSR count). The van der Waals surface area contributed by atoms with Crippen molar-refractivity contribution in [3.05, 3.63) is 18.2 Å². The average Bonchev–Trinajstić information content (AvgIpc) is 3.11. The summed E-state index contributed by atoms with van der Waals surface area (Å²) in [4.78, 5) is 17.9. The summed E-state index contributed by atoms with van der Waals surface area (Å²) in [6.45, 7) is 1.80. The van der Waals surface area contributed by atoms with Crippen molar-refractivity contribution in [2.75, 3.05) is 13.2 Å². The summed E-state index contributed by atoms with van der Waals surface area (Å²) < 4.78 is 26.3. The number of urea groups is 1. The quantitative estimate of drug-likeness (QED) is 0.841. The molecule has 1 saturated heterocycles. The first kappa shape index (κ1) is 17.7. The van der Waals surface area contributed by atoms with Gasteiger partial charge in [-0.25, -0.2) is 9.78 Å². The Kier molecular flexibility index (Phi) is 5.56. The molecule has 1 fully saturated rings. The van der Waals surface area contributed by atoms with E-state index in [1.54, 1.807) is 4.90 Å². The van der Waals surface area contributed by atoms with Gasteiger partial charge in [-0.05, 0) is 25.2 Å². The molecule has 1 aliphatic heterocycles. The van der Waals surface area contributed by atoms with Gasteiger partial charge in [0.2, 0.25) is 0 Å². The summed E-state index contributed by atoms with van der Waals surface area (Å²) >= 11 is 0. The molecular formula is C15H24F2N4O2. The summed E-state index contributed by atoms with van der Waals surface area (Å²) in [7, 11) is 0. The third-order valence-electron chi connectivity index (χ3n) is 4.28. The summed E-state index contributed by atoms with van der Waals surface area (Å²) in [5.41, 5.74) is -0.559. The molecule has 8 heteroatoms. The van der Waals surface area contributed by atoms with Crippen molar-refractivity contribution >= 4 is 6.03 Å². The summed E-state index contributed by atoms with van der Waals surface area (Å²) in [5, 5.41) is 12.5. The monoisotopic (exact) mass is 330 g/mol. The Bertz CT molecular complexity index is 535. The number of carbonyl (C=O) groups excluding carboxylic acids is 1. The fourth-order valence-corrected chi connectivity index (χ4v) is 3.37. The fourth-order valence-electron chi connectivity index (χ4n) is 3.37. The zero-order valence-corrected chi connectivity index (χ0v) is 13.5. The number of aliphatic hydroxyl groups excluding tert-OH is 1. The van der Waals surface area contributed by atoms with E-state index in [2.05, 4.69) is 10.3 Å². The second-order valence-electron chi connectivity index (χ2n) is 6.42. The summed E-state index contributed by atoms with van der Waals surface area (Å²) in [6, 6.07) is -0.346. The van der Waals surface area contributed by atoms with Gasteiger partial charge in [0.1, 0.15) is 5.82 Å². The zero-order valence-electron chi connectivity index (χ0n) is 13.5. The van der Waals surface area contributed by atoms with Gasteiger partial charge in [0.25, 0.3) is 0 Å². The highest BCUT2D eigenvalue weighted by atomic mass is 19.3. The highest BCUT2D eigenvalue weighted by Gasteiger charge is 2.43. The van der Waals surface area contributed by atoms with Crippen LogP contribution in [0.15, 0.2) is 12.4 Å². The van der Waals surface area contributed by atoms with Gasteiger partial charge >= 0.3 is 12.6 Å². The highest BCUT2D eigenvalue weighted by molar-refractivity contribution is 5.75. The van der Waals surface area contributed by atoms with E-state index in [1.807, 2.05) is 13.8 Å². The maximum atomic E-state index is 12.8. The molecule has 0 unspecified atom stereocenters. The van der Waals surface area contributed by atoms with Crippen molar-refractivity contribution in [3.63, 3.8) is 0 Å². The second-order valence-corrected chi connectivity index (χ2v) is 6.42. The van der Waals surface area contributed by atoms with E-state index in [4.69, 9.17) is 0 Å². The molecule has 1 aromatic rings. The molecule has 0 saturated carbocycles. The number of carbonyl (C=O) groups is 1. The van der Waals surface area contributed by atoms with Crippen molar-refractivity contribution in [1.29, 1.82) is 0 Å². The van der Waals surface area contributed by atoms with Gasteiger partial charge in [-0.3, -0.25) is 4.57 Å². The molecule has 1 atom stereocenters. The topological polar surface area (TPSA) is 70.4 Å². The van der Waals surface area contributed by atoms with E-state index in [-0.39, 0.29) is 25.0 Å². The van der Waals surface area contributed by atoms with E-state index < -0.39 is 12.1 Å². The van der Waals surface area contributed by atoms with Crippen LogP contribution in [-0.2, 0) is 6.54 Å². The predicted octanol–water partition coefficient (Wildman–Crippen LogP) is 2.36. The Morgan fingerprint density at radius 3 is 2.87 bits per heavy atom. The van der Waals surface area contributed by atoms with Crippen LogP contribution in [0.5, 0.6) is 0 Å². The smallest absolute Gasteiger partial charge is 0.319 e. The van der Waals surface area contributed by atoms with Gasteiger partial charge < -0.3 is 15.3 Å². The van der Waals surface area contributed by atoms with Gasteiger partial charge in [0.05, 0.1) is 18.7 Å². The van der Waals surface area contributed by atoms with E-state index >= 15 is 0 Å². The molecule has 2 heterocycles. The van der Waals surface area contributed by atoms with Gasteiger partial charge in [-0.15, -0.1) is 0 Å². The van der Waals surface area contributed by atoms with E-state index in [1.165, 1.54) is 12.4 Å². The average molecular weight is 330 g/mol. The van der Waals surface area contributed by atoms with Crippen molar-refractivity contribution < 1.29 is 18.7 Å². The summed E-state index contributed by atoms with van der Waals surface area (Å²) in [5.74, 6) is 0.444. The molecule has 130 valence electrons. The van der Waals surface area contributed by atoms with Crippen LogP contribution in [0.2, 0.25) is 0 Å². The number of likely N-dealkylation sites (tertiary alicyclic amines) is 1. The lowest BCUT2D eigenvalue weighted by molar-refractivity contribution is 0.0631. The Morgan fingerprint density at radius 1 is 1.52 bits per heavy atom. The molecular weight excluding hydrogens is 306 g/mol. The zero-order chi connectivity index (χ0) is 17.0.